The number of carbonyl (C=O) groups excluding carboxylic acids is 1. The van der Waals surface area contributed by atoms with Gasteiger partial charge >= 0.3 is 5.97 Å². The van der Waals surface area contributed by atoms with Crippen molar-refractivity contribution in [2.75, 3.05) is 7.11 Å². The summed E-state index contributed by atoms with van der Waals surface area (Å²) in [5.74, 6) is 0.727. The number of aromatic nitrogens is 1. The molecule has 37 heavy (non-hydrogen) atoms. The van der Waals surface area contributed by atoms with E-state index in [0.717, 1.165) is 14.7 Å². The number of hydrogen-bond donors (Lipinski definition) is 0. The fourth-order valence-corrected chi connectivity index (χ4v) is 4.43. The number of aliphatic imine (C=N–C) groups is 1. The second-order valence-electron chi connectivity index (χ2n) is 7.84. The van der Waals surface area contributed by atoms with E-state index in [-0.39, 0.29) is 0 Å². The van der Waals surface area contributed by atoms with Crippen LogP contribution in [-0.2, 0) is 0 Å². The van der Waals surface area contributed by atoms with Gasteiger partial charge in [0.05, 0.1) is 28.4 Å². The van der Waals surface area contributed by atoms with Crippen molar-refractivity contribution in [3.8, 4) is 23.0 Å². The minimum Gasteiger partial charge on any atom is -0.493 e. The zero-order valence-electron chi connectivity index (χ0n) is 19.2. The van der Waals surface area contributed by atoms with Crippen LogP contribution in [0.5, 0.6) is 11.5 Å². The highest BCUT2D eigenvalue weighted by Gasteiger charge is 2.15. The van der Waals surface area contributed by atoms with Crippen LogP contribution in [0.4, 0.5) is 5.69 Å². The minimum atomic E-state index is -0.453. The monoisotopic (exact) mass is 642 g/mol. The summed E-state index contributed by atoms with van der Waals surface area (Å²) in [6, 6.07) is 23.1. The van der Waals surface area contributed by atoms with E-state index in [4.69, 9.17) is 37.1 Å². The Morgan fingerprint density at radius 1 is 0.973 bits per heavy atom. The molecule has 0 aliphatic heterocycles. The summed E-state index contributed by atoms with van der Waals surface area (Å²) in [6.07, 6.45) is 1.69. The van der Waals surface area contributed by atoms with Crippen molar-refractivity contribution in [2.24, 2.45) is 4.99 Å². The number of halogens is 3. The highest BCUT2D eigenvalue weighted by atomic mass is 127. The summed E-state index contributed by atoms with van der Waals surface area (Å²) in [6.45, 7) is 0. The lowest BCUT2D eigenvalue weighted by atomic mass is 10.2. The number of esters is 1. The fraction of sp³-hybridized carbons (Fsp3) is 0.0357. The van der Waals surface area contributed by atoms with Gasteiger partial charge in [0.25, 0.3) is 0 Å². The number of nitrogens with zero attached hydrogens (tertiary/aromatic N) is 2. The van der Waals surface area contributed by atoms with Crippen LogP contribution in [0.15, 0.2) is 88.3 Å². The Morgan fingerprint density at radius 3 is 2.59 bits per heavy atom. The predicted octanol–water partition coefficient (Wildman–Crippen LogP) is 8.38. The van der Waals surface area contributed by atoms with Crippen LogP contribution in [0.2, 0.25) is 10.0 Å². The Morgan fingerprint density at radius 2 is 1.81 bits per heavy atom. The predicted molar refractivity (Wildman–Crippen MR) is 154 cm³/mol. The quantitative estimate of drug-likeness (QED) is 0.0805. The fourth-order valence-electron chi connectivity index (χ4n) is 3.53. The first-order valence-corrected chi connectivity index (χ1v) is 12.8. The van der Waals surface area contributed by atoms with E-state index in [1.807, 2.05) is 30.3 Å². The average Bonchev–Trinajstić information content (AvgIpc) is 3.33. The van der Waals surface area contributed by atoms with Crippen LogP contribution in [0, 0.1) is 3.57 Å². The lowest BCUT2D eigenvalue weighted by molar-refractivity contribution is 0.0728. The molecule has 184 valence electrons. The molecule has 0 atom stereocenters. The molecule has 0 unspecified atom stereocenters. The molecule has 0 amide bonds. The standard InChI is InChI=1S/C28H17Cl2IN2O4/c1-35-26-12-16(6-10-25(26)37-28(34)19-4-2-3-5-22(19)31)15-32-18-8-11-24-23(14-18)33-27(36-24)17-7-9-20(29)21(30)13-17/h2-15H,1H3. The van der Waals surface area contributed by atoms with E-state index >= 15 is 0 Å². The van der Waals surface area contributed by atoms with Gasteiger partial charge < -0.3 is 13.9 Å². The largest absolute Gasteiger partial charge is 0.493 e. The summed E-state index contributed by atoms with van der Waals surface area (Å²) in [4.78, 5) is 21.7. The molecule has 6 nitrogen and oxygen atoms in total. The molecule has 0 bridgehead atoms. The molecular formula is C28H17Cl2IN2O4. The second-order valence-corrected chi connectivity index (χ2v) is 9.81. The van der Waals surface area contributed by atoms with Crippen LogP contribution in [0.1, 0.15) is 15.9 Å². The van der Waals surface area contributed by atoms with Gasteiger partial charge in [0.2, 0.25) is 5.89 Å². The van der Waals surface area contributed by atoms with Gasteiger partial charge in [-0.05, 0) is 94.9 Å². The van der Waals surface area contributed by atoms with Gasteiger partial charge in [0.1, 0.15) is 5.52 Å². The van der Waals surface area contributed by atoms with Gasteiger partial charge in [0, 0.05) is 15.3 Å². The number of rotatable bonds is 6. The van der Waals surface area contributed by atoms with E-state index in [0.29, 0.717) is 49.8 Å². The van der Waals surface area contributed by atoms with Gasteiger partial charge in [-0.2, -0.15) is 0 Å². The smallest absolute Gasteiger partial charge is 0.344 e. The number of oxazole rings is 1. The van der Waals surface area contributed by atoms with Crippen LogP contribution >= 0.6 is 45.8 Å². The van der Waals surface area contributed by atoms with Crippen molar-refractivity contribution >= 4 is 74.8 Å². The number of benzene rings is 4. The summed E-state index contributed by atoms with van der Waals surface area (Å²) in [5, 5.41) is 0.893. The Labute approximate surface area is 236 Å². The van der Waals surface area contributed by atoms with Gasteiger partial charge in [0.15, 0.2) is 17.1 Å². The first-order chi connectivity index (χ1) is 17.9. The molecule has 0 N–H and O–H groups in total. The Kier molecular flexibility index (Phi) is 7.45. The van der Waals surface area contributed by atoms with Gasteiger partial charge in [-0.15, -0.1) is 0 Å². The number of methoxy groups -OCH3 is 1. The zero-order valence-corrected chi connectivity index (χ0v) is 22.9. The molecular weight excluding hydrogens is 626 g/mol. The maximum Gasteiger partial charge on any atom is 0.344 e. The minimum absolute atomic E-state index is 0.322. The SMILES string of the molecule is COc1cc(C=Nc2ccc3oc(-c4ccc(Cl)c(Cl)c4)nc3c2)ccc1OC(=O)c1ccccc1I. The topological polar surface area (TPSA) is 73.9 Å². The molecule has 0 saturated carbocycles. The van der Waals surface area contributed by atoms with Crippen LogP contribution in [0.3, 0.4) is 0 Å². The molecule has 0 aliphatic carbocycles. The normalized spacial score (nSPS) is 11.2. The summed E-state index contributed by atoms with van der Waals surface area (Å²) < 4.78 is 17.7. The molecule has 0 aliphatic rings. The number of hydrogen-bond acceptors (Lipinski definition) is 6. The molecule has 0 spiro atoms. The Bertz CT molecular complexity index is 1670. The lowest BCUT2D eigenvalue weighted by Gasteiger charge is -2.10. The third-order valence-electron chi connectivity index (χ3n) is 5.38. The molecule has 0 fully saturated rings. The van der Waals surface area contributed by atoms with E-state index in [2.05, 4.69) is 32.6 Å². The summed E-state index contributed by atoms with van der Waals surface area (Å²) in [5.41, 5.74) is 3.95. The van der Waals surface area contributed by atoms with Gasteiger partial charge in [-0.1, -0.05) is 35.3 Å². The van der Waals surface area contributed by atoms with E-state index < -0.39 is 5.97 Å². The zero-order chi connectivity index (χ0) is 25.9. The highest BCUT2D eigenvalue weighted by Crippen LogP contribution is 2.32. The molecule has 1 aromatic heterocycles. The number of ether oxygens (including phenoxy) is 2. The third kappa shape index (κ3) is 5.64. The Hall–Kier alpha value is -3.40. The van der Waals surface area contributed by atoms with Crippen molar-refractivity contribution in [1.29, 1.82) is 0 Å². The average molecular weight is 643 g/mol. The van der Waals surface area contributed by atoms with Crippen LogP contribution < -0.4 is 9.47 Å². The van der Waals surface area contributed by atoms with E-state index in [9.17, 15) is 4.79 Å². The van der Waals surface area contributed by atoms with Crippen molar-refractivity contribution < 1.29 is 18.7 Å². The van der Waals surface area contributed by atoms with Crippen LogP contribution in [-0.4, -0.2) is 24.3 Å². The van der Waals surface area contributed by atoms with E-state index in [1.54, 1.807) is 54.7 Å². The highest BCUT2D eigenvalue weighted by molar-refractivity contribution is 14.1. The summed E-state index contributed by atoms with van der Waals surface area (Å²) >= 11 is 14.2. The first kappa shape index (κ1) is 25.3. The first-order valence-electron chi connectivity index (χ1n) is 11.0. The van der Waals surface area contributed by atoms with Crippen molar-refractivity contribution in [1.82, 2.24) is 4.98 Å². The third-order valence-corrected chi connectivity index (χ3v) is 7.06. The maximum absolute atomic E-state index is 12.6. The second kappa shape index (κ2) is 10.9. The molecule has 4 aromatic carbocycles. The molecule has 9 heteroatoms. The number of fused-ring (bicyclic) bond motifs is 1. The lowest BCUT2D eigenvalue weighted by Crippen LogP contribution is -2.11. The molecule has 5 rings (SSSR count). The van der Waals surface area contributed by atoms with E-state index in [1.165, 1.54) is 7.11 Å². The number of carbonyl (C=O) groups is 1. The molecule has 5 aromatic rings. The van der Waals surface area contributed by atoms with Gasteiger partial charge in [-0.3, -0.25) is 4.99 Å². The van der Waals surface area contributed by atoms with Crippen molar-refractivity contribution in [3.63, 3.8) is 0 Å². The molecule has 0 radical (unpaired) electrons. The van der Waals surface area contributed by atoms with Crippen LogP contribution in [0.25, 0.3) is 22.6 Å². The maximum atomic E-state index is 12.6. The molecule has 1 heterocycles. The van der Waals surface area contributed by atoms with Gasteiger partial charge in [-0.25, -0.2) is 9.78 Å². The summed E-state index contributed by atoms with van der Waals surface area (Å²) in [7, 11) is 1.52. The van der Waals surface area contributed by atoms with Crippen molar-refractivity contribution in [2.45, 2.75) is 0 Å². The van der Waals surface area contributed by atoms with Crippen molar-refractivity contribution in [3.05, 3.63) is 104 Å². The molecule has 0 saturated heterocycles. The Balaban J connectivity index is 1.35.